The van der Waals surface area contributed by atoms with E-state index in [2.05, 4.69) is 10.0 Å². The third-order valence-electron chi connectivity index (χ3n) is 4.08. The predicted molar refractivity (Wildman–Crippen MR) is 109 cm³/mol. The van der Waals surface area contributed by atoms with Crippen molar-refractivity contribution < 1.29 is 13.2 Å². The van der Waals surface area contributed by atoms with Crippen LogP contribution in [0.1, 0.15) is 34.5 Å². The molecule has 0 radical (unpaired) electrons. The smallest absolute Gasteiger partial charge is 0.271 e. The molecule has 0 bridgehead atoms. The number of sulfonamides is 1. The summed E-state index contributed by atoms with van der Waals surface area (Å²) in [4.78, 5) is 12.4. The van der Waals surface area contributed by atoms with Crippen LogP contribution in [0.4, 0.5) is 5.69 Å². The topological polar surface area (TPSA) is 75.3 Å². The molecule has 0 aliphatic rings. The van der Waals surface area contributed by atoms with E-state index < -0.39 is 10.0 Å². The van der Waals surface area contributed by atoms with E-state index in [4.69, 9.17) is 0 Å². The molecule has 0 fully saturated rings. The van der Waals surface area contributed by atoms with Crippen LogP contribution in [0.25, 0.3) is 0 Å². The van der Waals surface area contributed by atoms with Crippen molar-refractivity contribution in [2.75, 3.05) is 4.72 Å². The van der Waals surface area contributed by atoms with E-state index in [1.807, 2.05) is 38.1 Å². The minimum Gasteiger partial charge on any atom is -0.346 e. The second-order valence-electron chi connectivity index (χ2n) is 6.22. The summed E-state index contributed by atoms with van der Waals surface area (Å²) in [6.07, 6.45) is 0. The summed E-state index contributed by atoms with van der Waals surface area (Å²) in [5, 5.41) is 4.65. The predicted octanol–water partition coefficient (Wildman–Crippen LogP) is 4.35. The quantitative estimate of drug-likeness (QED) is 0.646. The van der Waals surface area contributed by atoms with E-state index in [9.17, 15) is 13.2 Å². The number of thiophene rings is 1. The van der Waals surface area contributed by atoms with Gasteiger partial charge < -0.3 is 5.32 Å². The molecule has 2 aromatic carbocycles. The summed E-state index contributed by atoms with van der Waals surface area (Å²) in [6.45, 7) is 3.94. The summed E-state index contributed by atoms with van der Waals surface area (Å²) in [5.41, 5.74) is 3.06. The summed E-state index contributed by atoms with van der Waals surface area (Å²) in [7, 11) is -3.59. The molecule has 2 N–H and O–H groups in total. The SMILES string of the molecule is Cc1ccc([C@@H](C)NC(=O)c2ccc(NS(=O)(=O)c3cccs3)cc2)cc1. The summed E-state index contributed by atoms with van der Waals surface area (Å²) >= 11 is 1.15. The van der Waals surface area contributed by atoms with Crippen LogP contribution in [0.5, 0.6) is 0 Å². The molecule has 5 nitrogen and oxygen atoms in total. The molecule has 0 aliphatic heterocycles. The van der Waals surface area contributed by atoms with Gasteiger partial charge in [0.1, 0.15) is 4.21 Å². The van der Waals surface area contributed by atoms with Gasteiger partial charge in [-0.05, 0) is 55.1 Å². The molecule has 3 rings (SSSR count). The molecule has 0 saturated carbocycles. The highest BCUT2D eigenvalue weighted by Gasteiger charge is 2.16. The van der Waals surface area contributed by atoms with Crippen molar-refractivity contribution in [2.45, 2.75) is 24.1 Å². The van der Waals surface area contributed by atoms with E-state index in [0.29, 0.717) is 11.3 Å². The second kappa shape index (κ2) is 7.94. The van der Waals surface area contributed by atoms with Crippen molar-refractivity contribution in [3.8, 4) is 0 Å². The van der Waals surface area contributed by atoms with Crippen LogP contribution < -0.4 is 10.0 Å². The molecule has 1 atom stereocenters. The van der Waals surface area contributed by atoms with E-state index in [1.54, 1.807) is 41.8 Å². The third-order valence-corrected chi connectivity index (χ3v) is 6.86. The zero-order chi connectivity index (χ0) is 19.4. The zero-order valence-corrected chi connectivity index (χ0v) is 16.6. The molecule has 3 aromatic rings. The van der Waals surface area contributed by atoms with Crippen LogP contribution in [0.15, 0.2) is 70.3 Å². The Morgan fingerprint density at radius 3 is 2.26 bits per heavy atom. The first-order valence-corrected chi connectivity index (χ1v) is 10.8. The van der Waals surface area contributed by atoms with Gasteiger partial charge in [0.15, 0.2) is 0 Å². The Morgan fingerprint density at radius 2 is 1.67 bits per heavy atom. The monoisotopic (exact) mass is 400 g/mol. The number of rotatable bonds is 6. The van der Waals surface area contributed by atoms with Crippen molar-refractivity contribution in [1.29, 1.82) is 0 Å². The molecule has 0 saturated heterocycles. The molecule has 0 spiro atoms. The molecule has 1 aromatic heterocycles. The second-order valence-corrected chi connectivity index (χ2v) is 9.08. The molecule has 0 aliphatic carbocycles. The number of hydrogen-bond donors (Lipinski definition) is 2. The lowest BCUT2D eigenvalue weighted by Gasteiger charge is -2.15. The summed E-state index contributed by atoms with van der Waals surface area (Å²) in [6, 6.07) is 17.4. The number of amides is 1. The van der Waals surface area contributed by atoms with E-state index in [1.165, 1.54) is 0 Å². The largest absolute Gasteiger partial charge is 0.346 e. The first kappa shape index (κ1) is 19.1. The van der Waals surface area contributed by atoms with Crippen LogP contribution in [0, 0.1) is 6.92 Å². The molecule has 27 heavy (non-hydrogen) atoms. The lowest BCUT2D eigenvalue weighted by molar-refractivity contribution is 0.0940. The van der Waals surface area contributed by atoms with Gasteiger partial charge in [0.2, 0.25) is 0 Å². The Morgan fingerprint density at radius 1 is 1.00 bits per heavy atom. The molecule has 140 valence electrons. The van der Waals surface area contributed by atoms with Crippen molar-refractivity contribution >= 4 is 33.0 Å². The minimum absolute atomic E-state index is 0.130. The first-order valence-electron chi connectivity index (χ1n) is 8.39. The van der Waals surface area contributed by atoms with Gasteiger partial charge in [-0.2, -0.15) is 0 Å². The van der Waals surface area contributed by atoms with E-state index in [0.717, 1.165) is 22.5 Å². The Labute approximate surface area is 163 Å². The molecule has 1 heterocycles. The van der Waals surface area contributed by atoms with Gasteiger partial charge in [0, 0.05) is 11.3 Å². The summed E-state index contributed by atoms with van der Waals surface area (Å²) in [5.74, 6) is -0.212. The number of carbonyl (C=O) groups excluding carboxylic acids is 1. The highest BCUT2D eigenvalue weighted by atomic mass is 32.2. The van der Waals surface area contributed by atoms with Crippen LogP contribution >= 0.6 is 11.3 Å². The number of anilines is 1. The fraction of sp³-hybridized carbons (Fsp3) is 0.150. The van der Waals surface area contributed by atoms with Gasteiger partial charge in [-0.3, -0.25) is 9.52 Å². The van der Waals surface area contributed by atoms with Gasteiger partial charge in [-0.15, -0.1) is 11.3 Å². The fourth-order valence-corrected chi connectivity index (χ4v) is 4.58. The molecule has 0 unspecified atom stereocenters. The molecular weight excluding hydrogens is 380 g/mol. The van der Waals surface area contributed by atoms with Gasteiger partial charge in [0.25, 0.3) is 15.9 Å². The Bertz CT molecular complexity index is 1010. The average molecular weight is 401 g/mol. The number of hydrogen-bond acceptors (Lipinski definition) is 4. The number of benzene rings is 2. The van der Waals surface area contributed by atoms with Crippen molar-refractivity contribution in [3.63, 3.8) is 0 Å². The van der Waals surface area contributed by atoms with E-state index >= 15 is 0 Å². The van der Waals surface area contributed by atoms with Gasteiger partial charge in [0.05, 0.1) is 6.04 Å². The number of carbonyl (C=O) groups is 1. The average Bonchev–Trinajstić information content (AvgIpc) is 3.18. The first-order chi connectivity index (χ1) is 12.8. The standard InChI is InChI=1S/C20H20N2O3S2/c1-14-5-7-16(8-6-14)15(2)21-20(23)17-9-11-18(12-10-17)22-27(24,25)19-4-3-13-26-19/h3-13,15,22H,1-2H3,(H,21,23)/t15-/m1/s1. The molecule has 1 amide bonds. The minimum atomic E-state index is -3.59. The lowest BCUT2D eigenvalue weighted by Crippen LogP contribution is -2.26. The number of aryl methyl sites for hydroxylation is 1. The zero-order valence-electron chi connectivity index (χ0n) is 15.0. The van der Waals surface area contributed by atoms with Gasteiger partial charge >= 0.3 is 0 Å². The van der Waals surface area contributed by atoms with Crippen LogP contribution in [0.3, 0.4) is 0 Å². The lowest BCUT2D eigenvalue weighted by atomic mass is 10.1. The Hall–Kier alpha value is -2.64. The fourth-order valence-electron chi connectivity index (χ4n) is 2.53. The summed E-state index contributed by atoms with van der Waals surface area (Å²) < 4.78 is 27.2. The maximum absolute atomic E-state index is 12.4. The van der Waals surface area contributed by atoms with Crippen molar-refractivity contribution in [3.05, 3.63) is 82.7 Å². The van der Waals surface area contributed by atoms with Crippen LogP contribution in [-0.4, -0.2) is 14.3 Å². The van der Waals surface area contributed by atoms with Gasteiger partial charge in [-0.1, -0.05) is 35.9 Å². The Kier molecular flexibility index (Phi) is 5.62. The Balaban J connectivity index is 1.66. The van der Waals surface area contributed by atoms with Crippen molar-refractivity contribution in [2.24, 2.45) is 0 Å². The highest BCUT2D eigenvalue weighted by molar-refractivity contribution is 7.94. The maximum atomic E-state index is 12.4. The van der Waals surface area contributed by atoms with Crippen LogP contribution in [-0.2, 0) is 10.0 Å². The highest BCUT2D eigenvalue weighted by Crippen LogP contribution is 2.21. The number of nitrogens with one attached hydrogen (secondary N) is 2. The normalized spacial score (nSPS) is 12.4. The van der Waals surface area contributed by atoms with Crippen molar-refractivity contribution in [1.82, 2.24) is 5.32 Å². The third kappa shape index (κ3) is 4.75. The maximum Gasteiger partial charge on any atom is 0.271 e. The van der Waals surface area contributed by atoms with E-state index in [-0.39, 0.29) is 16.2 Å². The molecular formula is C20H20N2O3S2. The van der Waals surface area contributed by atoms with Gasteiger partial charge in [-0.25, -0.2) is 8.42 Å². The molecule has 7 heteroatoms. The van der Waals surface area contributed by atoms with Crippen LogP contribution in [0.2, 0.25) is 0 Å².